The predicted octanol–water partition coefficient (Wildman–Crippen LogP) is 4.31. The quantitative estimate of drug-likeness (QED) is 0.859. The number of hydrogen-bond acceptors (Lipinski definition) is 3. The molecule has 1 N–H and O–H groups in total. The topological polar surface area (TPSA) is 39.1 Å². The highest BCUT2D eigenvalue weighted by atomic mass is 16.5. The van der Waals surface area contributed by atoms with Gasteiger partial charge >= 0.3 is 0 Å². The molecule has 1 aromatic carbocycles. The van der Waals surface area contributed by atoms with Gasteiger partial charge in [0, 0.05) is 12.3 Å². The minimum Gasteiger partial charge on any atom is -0.497 e. The lowest BCUT2D eigenvalue weighted by molar-refractivity contribution is 0.414. The number of ether oxygens (including phenoxy) is 1. The monoisotopic (exact) mass is 285 g/mol. The Morgan fingerprint density at radius 3 is 2.48 bits per heavy atom. The second-order valence-corrected chi connectivity index (χ2v) is 4.93. The van der Waals surface area contributed by atoms with Gasteiger partial charge in [0.25, 0.3) is 0 Å². The SMILES string of the molecule is CCC(=CNc1cc(C)nn1-c1ccc(OC)cc1)CC. The molecule has 0 fully saturated rings. The van der Waals surface area contributed by atoms with Crippen molar-refractivity contribution in [3.05, 3.63) is 47.8 Å². The van der Waals surface area contributed by atoms with E-state index in [2.05, 4.69) is 30.5 Å². The Morgan fingerprint density at radius 2 is 1.90 bits per heavy atom. The van der Waals surface area contributed by atoms with Crippen LogP contribution in [0.4, 0.5) is 5.82 Å². The third kappa shape index (κ3) is 3.66. The van der Waals surface area contributed by atoms with Gasteiger partial charge in [-0.1, -0.05) is 19.4 Å². The Kier molecular flexibility index (Phi) is 5.04. The summed E-state index contributed by atoms with van der Waals surface area (Å²) in [6.45, 7) is 6.33. The number of allylic oxidation sites excluding steroid dienone is 1. The normalized spacial score (nSPS) is 10.3. The molecule has 0 amide bonds. The van der Waals surface area contributed by atoms with E-state index in [9.17, 15) is 0 Å². The number of rotatable bonds is 6. The summed E-state index contributed by atoms with van der Waals surface area (Å²) in [4.78, 5) is 0. The number of hydrogen-bond donors (Lipinski definition) is 1. The summed E-state index contributed by atoms with van der Waals surface area (Å²) in [6, 6.07) is 9.93. The maximum Gasteiger partial charge on any atom is 0.133 e. The molecule has 0 aliphatic rings. The minimum absolute atomic E-state index is 0.844. The number of nitrogens with one attached hydrogen (secondary N) is 1. The highest BCUT2D eigenvalue weighted by Gasteiger charge is 2.07. The molecule has 0 atom stereocenters. The van der Waals surface area contributed by atoms with Gasteiger partial charge in [-0.3, -0.25) is 0 Å². The van der Waals surface area contributed by atoms with Crippen LogP contribution < -0.4 is 10.1 Å². The van der Waals surface area contributed by atoms with E-state index in [0.29, 0.717) is 0 Å². The second kappa shape index (κ2) is 6.97. The fourth-order valence-electron chi connectivity index (χ4n) is 2.15. The van der Waals surface area contributed by atoms with Crippen molar-refractivity contribution in [3.8, 4) is 11.4 Å². The van der Waals surface area contributed by atoms with Crippen molar-refractivity contribution in [3.63, 3.8) is 0 Å². The third-order valence-electron chi connectivity index (χ3n) is 3.48. The van der Waals surface area contributed by atoms with Crippen molar-refractivity contribution < 1.29 is 4.74 Å². The molecule has 0 unspecified atom stereocenters. The molecule has 1 heterocycles. The molecule has 2 rings (SSSR count). The van der Waals surface area contributed by atoms with E-state index in [1.54, 1.807) is 7.11 Å². The number of anilines is 1. The molecule has 0 aliphatic carbocycles. The average molecular weight is 285 g/mol. The highest BCUT2D eigenvalue weighted by Crippen LogP contribution is 2.20. The molecule has 0 saturated heterocycles. The third-order valence-corrected chi connectivity index (χ3v) is 3.48. The van der Waals surface area contributed by atoms with Crippen LogP contribution in [0.5, 0.6) is 5.75 Å². The Labute approximate surface area is 126 Å². The van der Waals surface area contributed by atoms with Crippen molar-refractivity contribution in [2.75, 3.05) is 12.4 Å². The molecule has 4 heteroatoms. The molecule has 1 aromatic heterocycles. The van der Waals surface area contributed by atoms with E-state index in [-0.39, 0.29) is 0 Å². The Morgan fingerprint density at radius 1 is 1.24 bits per heavy atom. The Bertz CT molecular complexity index is 605. The first-order valence-electron chi connectivity index (χ1n) is 7.33. The molecular formula is C17H23N3O. The number of aromatic nitrogens is 2. The average Bonchev–Trinajstić information content (AvgIpc) is 2.89. The van der Waals surface area contributed by atoms with Crippen molar-refractivity contribution in [2.24, 2.45) is 0 Å². The van der Waals surface area contributed by atoms with Gasteiger partial charge < -0.3 is 10.1 Å². The molecule has 4 nitrogen and oxygen atoms in total. The van der Waals surface area contributed by atoms with E-state index in [1.807, 2.05) is 41.9 Å². The first kappa shape index (κ1) is 15.2. The number of nitrogens with zero attached hydrogens (tertiary/aromatic N) is 2. The fraction of sp³-hybridized carbons (Fsp3) is 0.353. The van der Waals surface area contributed by atoms with Crippen LogP contribution in [-0.4, -0.2) is 16.9 Å². The lowest BCUT2D eigenvalue weighted by Crippen LogP contribution is -2.02. The van der Waals surface area contributed by atoms with Crippen molar-refractivity contribution in [1.82, 2.24) is 9.78 Å². The van der Waals surface area contributed by atoms with Crippen LogP contribution in [0.2, 0.25) is 0 Å². The van der Waals surface area contributed by atoms with Gasteiger partial charge in [-0.2, -0.15) is 5.10 Å². The Hall–Kier alpha value is -2.23. The molecule has 0 radical (unpaired) electrons. The van der Waals surface area contributed by atoms with Crippen LogP contribution in [0, 0.1) is 6.92 Å². The molecule has 0 saturated carbocycles. The predicted molar refractivity (Wildman–Crippen MR) is 87.1 cm³/mol. The van der Waals surface area contributed by atoms with Gasteiger partial charge in [-0.15, -0.1) is 0 Å². The molecule has 0 spiro atoms. The summed E-state index contributed by atoms with van der Waals surface area (Å²) in [7, 11) is 1.67. The standard InChI is InChI=1S/C17H23N3O/c1-5-14(6-2)12-18-17-11-13(3)19-20(17)15-7-9-16(21-4)10-8-15/h7-12,18H,5-6H2,1-4H3. The van der Waals surface area contributed by atoms with Crippen LogP contribution in [0.15, 0.2) is 42.1 Å². The molecule has 0 aliphatic heterocycles. The van der Waals surface area contributed by atoms with Gasteiger partial charge in [-0.05, 0) is 44.0 Å². The maximum atomic E-state index is 5.19. The van der Waals surface area contributed by atoms with Gasteiger partial charge in [0.15, 0.2) is 0 Å². The molecule has 2 aromatic rings. The van der Waals surface area contributed by atoms with Crippen molar-refractivity contribution >= 4 is 5.82 Å². The lowest BCUT2D eigenvalue weighted by atomic mass is 10.2. The second-order valence-electron chi connectivity index (χ2n) is 4.93. The van der Waals surface area contributed by atoms with E-state index in [1.165, 1.54) is 5.57 Å². The van der Waals surface area contributed by atoms with Gasteiger partial charge in [-0.25, -0.2) is 4.68 Å². The zero-order valence-corrected chi connectivity index (χ0v) is 13.2. The summed E-state index contributed by atoms with van der Waals surface area (Å²) >= 11 is 0. The van der Waals surface area contributed by atoms with Crippen LogP contribution >= 0.6 is 0 Å². The smallest absolute Gasteiger partial charge is 0.133 e. The zero-order chi connectivity index (χ0) is 15.2. The summed E-state index contributed by atoms with van der Waals surface area (Å²) in [5.41, 5.74) is 3.38. The fourth-order valence-corrected chi connectivity index (χ4v) is 2.15. The van der Waals surface area contributed by atoms with E-state index in [0.717, 1.165) is 35.8 Å². The van der Waals surface area contributed by atoms with Gasteiger partial charge in [0.05, 0.1) is 18.5 Å². The molecule has 0 bridgehead atoms. The molecule has 112 valence electrons. The van der Waals surface area contributed by atoms with Gasteiger partial charge in [0.2, 0.25) is 0 Å². The number of methoxy groups -OCH3 is 1. The summed E-state index contributed by atoms with van der Waals surface area (Å²) in [5, 5.41) is 7.92. The zero-order valence-electron chi connectivity index (χ0n) is 13.2. The lowest BCUT2D eigenvalue weighted by Gasteiger charge is -2.09. The van der Waals surface area contributed by atoms with Crippen LogP contribution in [0.1, 0.15) is 32.4 Å². The van der Waals surface area contributed by atoms with Crippen LogP contribution in [-0.2, 0) is 0 Å². The number of aryl methyl sites for hydroxylation is 1. The van der Waals surface area contributed by atoms with E-state index < -0.39 is 0 Å². The van der Waals surface area contributed by atoms with E-state index >= 15 is 0 Å². The first-order valence-corrected chi connectivity index (χ1v) is 7.33. The maximum absolute atomic E-state index is 5.19. The van der Waals surface area contributed by atoms with E-state index in [4.69, 9.17) is 4.74 Å². The largest absolute Gasteiger partial charge is 0.497 e. The van der Waals surface area contributed by atoms with Crippen LogP contribution in [0.3, 0.4) is 0 Å². The van der Waals surface area contributed by atoms with Crippen LogP contribution in [0.25, 0.3) is 5.69 Å². The van der Waals surface area contributed by atoms with Crippen molar-refractivity contribution in [2.45, 2.75) is 33.6 Å². The first-order chi connectivity index (χ1) is 10.2. The number of benzene rings is 1. The summed E-state index contributed by atoms with van der Waals surface area (Å²) in [6.07, 6.45) is 4.19. The Balaban J connectivity index is 2.29. The summed E-state index contributed by atoms with van der Waals surface area (Å²) in [5.74, 6) is 1.81. The minimum atomic E-state index is 0.844. The summed E-state index contributed by atoms with van der Waals surface area (Å²) < 4.78 is 7.10. The van der Waals surface area contributed by atoms with Gasteiger partial charge in [0.1, 0.15) is 11.6 Å². The molecule has 21 heavy (non-hydrogen) atoms. The highest BCUT2D eigenvalue weighted by molar-refractivity contribution is 5.49. The molecular weight excluding hydrogens is 262 g/mol. The van der Waals surface area contributed by atoms with Crippen molar-refractivity contribution in [1.29, 1.82) is 0 Å².